The molecule has 0 bridgehead atoms. The van der Waals surface area contributed by atoms with E-state index in [0.29, 0.717) is 23.5 Å². The Kier molecular flexibility index (Phi) is 6.75. The first kappa shape index (κ1) is 24.4. The number of aromatic nitrogens is 5. The number of anilines is 3. The minimum absolute atomic E-state index is 0.382. The lowest BCUT2D eigenvalue weighted by molar-refractivity contribution is 0.452. The molecule has 36 heavy (non-hydrogen) atoms. The van der Waals surface area contributed by atoms with Gasteiger partial charge in [-0.1, -0.05) is 26.8 Å². The van der Waals surface area contributed by atoms with Crippen molar-refractivity contribution < 1.29 is 4.21 Å². The lowest BCUT2D eigenvalue weighted by atomic mass is 9.93. The van der Waals surface area contributed by atoms with E-state index in [0.717, 1.165) is 47.7 Å². The van der Waals surface area contributed by atoms with Gasteiger partial charge in [-0.3, -0.25) is 8.89 Å². The second-order valence-electron chi connectivity index (χ2n) is 9.86. The molecule has 0 amide bonds. The molecule has 4 heterocycles. The second kappa shape index (κ2) is 9.97. The molecule has 0 spiro atoms. The summed E-state index contributed by atoms with van der Waals surface area (Å²) in [6.07, 6.45) is 8.29. The number of aryl methyl sites for hydroxylation is 2. The van der Waals surface area contributed by atoms with Crippen LogP contribution in [0.5, 0.6) is 0 Å². The van der Waals surface area contributed by atoms with Crippen LogP contribution in [0.1, 0.15) is 37.9 Å². The van der Waals surface area contributed by atoms with Gasteiger partial charge >= 0.3 is 0 Å². The molecule has 4 aromatic rings. The van der Waals surface area contributed by atoms with Gasteiger partial charge in [-0.15, -0.1) is 0 Å². The second-order valence-corrected chi connectivity index (χ2v) is 11.3. The van der Waals surface area contributed by atoms with Crippen molar-refractivity contribution in [1.82, 2.24) is 24.7 Å². The highest BCUT2D eigenvalue weighted by molar-refractivity contribution is 7.84. The fraction of sp³-hybridized carbons (Fsp3) is 0.407. The third-order valence-electron chi connectivity index (χ3n) is 6.69. The van der Waals surface area contributed by atoms with Crippen LogP contribution in [0.15, 0.2) is 42.9 Å². The van der Waals surface area contributed by atoms with Crippen molar-refractivity contribution >= 4 is 38.9 Å². The number of nitrogens with one attached hydrogen (secondary N) is 1. The smallest absolute Gasteiger partial charge is 0.164 e. The van der Waals surface area contributed by atoms with E-state index in [4.69, 9.17) is 9.97 Å². The van der Waals surface area contributed by atoms with E-state index in [2.05, 4.69) is 59.3 Å². The molecule has 1 unspecified atom stereocenters. The van der Waals surface area contributed by atoms with Crippen molar-refractivity contribution in [3.63, 3.8) is 0 Å². The average Bonchev–Trinajstić information content (AvgIpc) is 3.21. The molecule has 8 nitrogen and oxygen atoms in total. The van der Waals surface area contributed by atoms with Gasteiger partial charge in [0.25, 0.3) is 0 Å². The van der Waals surface area contributed by atoms with E-state index in [-0.39, 0.29) is 0 Å². The number of rotatable bonds is 8. The van der Waals surface area contributed by atoms with E-state index in [1.165, 1.54) is 16.6 Å². The minimum Gasteiger partial charge on any atom is -0.370 e. The van der Waals surface area contributed by atoms with Crippen molar-refractivity contribution in [2.24, 2.45) is 13.0 Å². The molecule has 1 aliphatic heterocycles. The van der Waals surface area contributed by atoms with Gasteiger partial charge in [-0.05, 0) is 41.5 Å². The van der Waals surface area contributed by atoms with Crippen LogP contribution in [0.3, 0.4) is 0 Å². The Balaban J connectivity index is 1.45. The molecule has 0 aliphatic carbocycles. The number of hydrogen-bond donors (Lipinski definition) is 1. The molecule has 1 saturated heterocycles. The molecule has 0 radical (unpaired) electrons. The van der Waals surface area contributed by atoms with E-state index in [1.807, 2.05) is 25.5 Å². The Bertz CT molecular complexity index is 1430. The molecule has 9 heteroatoms. The molecule has 1 fully saturated rings. The lowest BCUT2D eigenvalue weighted by Crippen LogP contribution is -2.49. The summed E-state index contributed by atoms with van der Waals surface area (Å²) in [5, 5.41) is 10.2. The van der Waals surface area contributed by atoms with Crippen LogP contribution in [-0.4, -0.2) is 54.0 Å². The van der Waals surface area contributed by atoms with Crippen molar-refractivity contribution in [2.45, 2.75) is 33.1 Å². The van der Waals surface area contributed by atoms with Crippen LogP contribution in [0.4, 0.5) is 17.3 Å². The maximum atomic E-state index is 11.6. The highest BCUT2D eigenvalue weighted by Crippen LogP contribution is 2.37. The average molecular weight is 504 g/mol. The summed E-state index contributed by atoms with van der Waals surface area (Å²) in [6, 6.07) is 8.42. The summed E-state index contributed by atoms with van der Waals surface area (Å²) in [4.78, 5) is 16.3. The highest BCUT2D eigenvalue weighted by Gasteiger charge is 2.29. The molecule has 0 saturated carbocycles. The largest absolute Gasteiger partial charge is 0.370 e. The normalized spacial score (nSPS) is 14.9. The molecule has 3 aromatic heterocycles. The van der Waals surface area contributed by atoms with Crippen molar-refractivity contribution in [3.8, 4) is 11.4 Å². The zero-order valence-corrected chi connectivity index (χ0v) is 22.3. The lowest BCUT2D eigenvalue weighted by Gasteiger charge is -2.41. The summed E-state index contributed by atoms with van der Waals surface area (Å²) in [5.74, 6) is 3.73. The first-order valence-electron chi connectivity index (χ1n) is 12.4. The fourth-order valence-electron chi connectivity index (χ4n) is 4.97. The van der Waals surface area contributed by atoms with Gasteiger partial charge in [-0.2, -0.15) is 5.10 Å². The standard InChI is InChI=1S/C27H33N7OS/c1-6-23-22(15-33(4)32-23)27-28-10-9-25(31-27)30-26-11-20-19(17(2)3)7-8-24(21(20)12-29-26)34-13-18(14-34)16-36(5)35/h7-12,15,17-18H,6,13-14,16H2,1-5H3,(H,28,29,30,31). The number of fused-ring (bicyclic) bond motifs is 1. The minimum atomic E-state index is -0.753. The molecular formula is C27H33N7OS. The molecule has 1 N–H and O–H groups in total. The van der Waals surface area contributed by atoms with E-state index >= 15 is 0 Å². The SMILES string of the molecule is CCc1nn(C)cc1-c1nccc(Nc2cc3c(C(C)C)ccc(N4CC(CS(C)=O)C4)c3cn2)n1. The van der Waals surface area contributed by atoms with Crippen LogP contribution in [0.25, 0.3) is 22.2 Å². The molecule has 1 atom stereocenters. The van der Waals surface area contributed by atoms with Crippen LogP contribution in [0, 0.1) is 5.92 Å². The Labute approximate surface area is 214 Å². The van der Waals surface area contributed by atoms with E-state index in [9.17, 15) is 4.21 Å². The zero-order valence-electron chi connectivity index (χ0n) is 21.5. The Hall–Kier alpha value is -3.33. The molecular weight excluding hydrogens is 470 g/mol. The van der Waals surface area contributed by atoms with Gasteiger partial charge in [0.05, 0.1) is 11.3 Å². The van der Waals surface area contributed by atoms with Gasteiger partial charge in [0.2, 0.25) is 0 Å². The summed E-state index contributed by atoms with van der Waals surface area (Å²) in [5.41, 5.74) is 4.41. The number of benzene rings is 1. The van der Waals surface area contributed by atoms with Crippen molar-refractivity contribution in [2.75, 3.05) is 35.3 Å². The van der Waals surface area contributed by atoms with Crippen LogP contribution < -0.4 is 10.2 Å². The number of pyridine rings is 1. The summed E-state index contributed by atoms with van der Waals surface area (Å²) in [7, 11) is 1.16. The monoisotopic (exact) mass is 503 g/mol. The Morgan fingerprint density at radius 3 is 2.67 bits per heavy atom. The molecule has 1 aromatic carbocycles. The van der Waals surface area contributed by atoms with Crippen LogP contribution in [-0.2, 0) is 24.3 Å². The zero-order chi connectivity index (χ0) is 25.4. The Morgan fingerprint density at radius 1 is 1.14 bits per heavy atom. The Morgan fingerprint density at radius 2 is 1.94 bits per heavy atom. The topological polar surface area (TPSA) is 88.8 Å². The molecule has 188 valence electrons. The maximum absolute atomic E-state index is 11.6. The molecule has 1 aliphatic rings. The quantitative estimate of drug-likeness (QED) is 0.374. The van der Waals surface area contributed by atoms with Gasteiger partial charge in [0.15, 0.2) is 5.82 Å². The summed E-state index contributed by atoms with van der Waals surface area (Å²) in [6.45, 7) is 8.39. The van der Waals surface area contributed by atoms with Crippen molar-refractivity contribution in [1.29, 1.82) is 0 Å². The van der Waals surface area contributed by atoms with E-state index in [1.54, 1.807) is 17.1 Å². The summed E-state index contributed by atoms with van der Waals surface area (Å²) < 4.78 is 13.4. The third kappa shape index (κ3) is 4.84. The van der Waals surface area contributed by atoms with Gasteiger partial charge < -0.3 is 10.2 Å². The van der Waals surface area contributed by atoms with Crippen LogP contribution >= 0.6 is 0 Å². The van der Waals surface area contributed by atoms with Crippen LogP contribution in [0.2, 0.25) is 0 Å². The summed E-state index contributed by atoms with van der Waals surface area (Å²) >= 11 is 0. The first-order chi connectivity index (χ1) is 17.3. The number of hydrogen-bond acceptors (Lipinski definition) is 7. The number of nitrogens with zero attached hydrogens (tertiary/aromatic N) is 6. The fourth-order valence-corrected chi connectivity index (χ4v) is 5.84. The highest BCUT2D eigenvalue weighted by atomic mass is 32.2. The van der Waals surface area contributed by atoms with Crippen molar-refractivity contribution in [3.05, 3.63) is 54.1 Å². The molecule has 5 rings (SSSR count). The first-order valence-corrected chi connectivity index (χ1v) is 14.2. The van der Waals surface area contributed by atoms with Gasteiger partial charge in [0, 0.05) is 78.5 Å². The van der Waals surface area contributed by atoms with Gasteiger partial charge in [-0.25, -0.2) is 15.0 Å². The third-order valence-corrected chi connectivity index (χ3v) is 7.64. The van der Waals surface area contributed by atoms with E-state index < -0.39 is 10.8 Å². The predicted molar refractivity (Wildman–Crippen MR) is 147 cm³/mol. The van der Waals surface area contributed by atoms with Gasteiger partial charge in [0.1, 0.15) is 11.6 Å². The predicted octanol–water partition coefficient (Wildman–Crippen LogP) is 4.67. The maximum Gasteiger partial charge on any atom is 0.164 e.